The summed E-state index contributed by atoms with van der Waals surface area (Å²) in [5.41, 5.74) is 2.02. The Morgan fingerprint density at radius 3 is 2.15 bits per heavy atom. The van der Waals surface area contributed by atoms with Crippen molar-refractivity contribution in [2.75, 3.05) is 0 Å². The maximum atomic E-state index is 13.6. The molecule has 0 amide bonds. The molecule has 0 unspecified atom stereocenters. The molecule has 2 aromatic rings. The summed E-state index contributed by atoms with van der Waals surface area (Å²) in [4.78, 5) is 0. The third-order valence-electron chi connectivity index (χ3n) is 5.34. The Hall–Kier alpha value is -2.04. The van der Waals surface area contributed by atoms with Crippen LogP contribution in [0, 0.1) is 29.2 Å². The monoisotopic (exact) mass is 366 g/mol. The van der Waals surface area contributed by atoms with Crippen LogP contribution in [0.15, 0.2) is 30.3 Å². The van der Waals surface area contributed by atoms with Crippen LogP contribution in [0.1, 0.15) is 56.1 Å². The molecular weight excluding hydrogens is 344 g/mol. The van der Waals surface area contributed by atoms with Gasteiger partial charge in [-0.15, -0.1) is 0 Å². The summed E-state index contributed by atoms with van der Waals surface area (Å²) in [6.45, 7) is 2.19. The van der Waals surface area contributed by atoms with E-state index in [0.29, 0.717) is 12.0 Å². The van der Waals surface area contributed by atoms with Gasteiger partial charge in [0.05, 0.1) is 0 Å². The number of hydrogen-bond acceptors (Lipinski definition) is 1. The Bertz CT molecular complexity index is 750. The predicted octanol–water partition coefficient (Wildman–Crippen LogP) is 6.51. The quantitative estimate of drug-likeness (QED) is 0.333. The third kappa shape index (κ3) is 4.02. The summed E-state index contributed by atoms with van der Waals surface area (Å²) in [6.07, 6.45) is 6.13. The highest BCUT2D eigenvalue weighted by Crippen LogP contribution is 2.37. The van der Waals surface area contributed by atoms with E-state index in [1.54, 1.807) is 0 Å². The van der Waals surface area contributed by atoms with Gasteiger partial charge in [-0.25, -0.2) is 13.2 Å². The van der Waals surface area contributed by atoms with E-state index in [2.05, 4.69) is 6.92 Å². The first-order chi connectivity index (χ1) is 12.5. The molecule has 0 aliphatic heterocycles. The highest BCUT2D eigenvalue weighted by atomic mass is 19.2. The Kier molecular flexibility index (Phi) is 5.84. The van der Waals surface area contributed by atoms with Crippen LogP contribution in [0.4, 0.5) is 17.6 Å². The van der Waals surface area contributed by atoms with Crippen molar-refractivity contribution in [3.8, 4) is 5.75 Å². The maximum absolute atomic E-state index is 13.6. The van der Waals surface area contributed by atoms with Gasteiger partial charge in [-0.2, -0.15) is 4.39 Å². The fourth-order valence-corrected chi connectivity index (χ4v) is 3.61. The van der Waals surface area contributed by atoms with Crippen LogP contribution in [0.25, 0.3) is 0 Å². The average molecular weight is 366 g/mol. The lowest BCUT2D eigenvalue weighted by atomic mass is 9.78. The van der Waals surface area contributed by atoms with E-state index in [1.807, 2.05) is 24.3 Å². The van der Waals surface area contributed by atoms with Gasteiger partial charge < -0.3 is 4.74 Å². The van der Waals surface area contributed by atoms with E-state index in [1.165, 1.54) is 37.7 Å². The SMILES string of the molecule is CC[C@H]1CC[C@H](c2ccc(COc3cc(F)c(F)c(F)c3F)cc2)CC1. The molecule has 5 heteroatoms. The molecule has 1 fully saturated rings. The average Bonchev–Trinajstić information content (AvgIpc) is 2.68. The van der Waals surface area contributed by atoms with Gasteiger partial charge in [-0.3, -0.25) is 0 Å². The molecular formula is C21H22F4O. The Morgan fingerprint density at radius 1 is 0.885 bits per heavy atom. The summed E-state index contributed by atoms with van der Waals surface area (Å²) in [5.74, 6) is -5.93. The van der Waals surface area contributed by atoms with E-state index in [-0.39, 0.29) is 6.61 Å². The van der Waals surface area contributed by atoms with Gasteiger partial charge in [0.15, 0.2) is 17.4 Å². The lowest BCUT2D eigenvalue weighted by Crippen LogP contribution is -2.12. The maximum Gasteiger partial charge on any atom is 0.203 e. The number of rotatable bonds is 5. The predicted molar refractivity (Wildman–Crippen MR) is 92.0 cm³/mol. The van der Waals surface area contributed by atoms with Crippen molar-refractivity contribution in [3.05, 3.63) is 64.7 Å². The fourth-order valence-electron chi connectivity index (χ4n) is 3.61. The standard InChI is InChI=1S/C21H22F4O/c1-2-13-3-7-15(8-4-13)16-9-5-14(6-10-16)12-26-18-11-17(22)19(23)21(25)20(18)24/h5-6,9-11,13,15H,2-4,7-8,12H2,1H3/t13-,15-. The molecule has 1 saturated carbocycles. The first-order valence-electron chi connectivity index (χ1n) is 9.04. The topological polar surface area (TPSA) is 9.23 Å². The molecule has 3 rings (SSSR count). The molecule has 0 bridgehead atoms. The zero-order valence-corrected chi connectivity index (χ0v) is 14.7. The first-order valence-corrected chi connectivity index (χ1v) is 9.04. The van der Waals surface area contributed by atoms with E-state index in [4.69, 9.17) is 4.74 Å². The summed E-state index contributed by atoms with van der Waals surface area (Å²) in [6, 6.07) is 8.31. The van der Waals surface area contributed by atoms with Crippen LogP contribution in [0.3, 0.4) is 0 Å². The van der Waals surface area contributed by atoms with E-state index in [0.717, 1.165) is 11.5 Å². The van der Waals surface area contributed by atoms with Gasteiger partial charge in [0.25, 0.3) is 0 Å². The Morgan fingerprint density at radius 2 is 1.54 bits per heavy atom. The molecule has 1 nitrogen and oxygen atoms in total. The molecule has 0 spiro atoms. The van der Waals surface area contributed by atoms with Crippen molar-refractivity contribution < 1.29 is 22.3 Å². The zero-order chi connectivity index (χ0) is 18.7. The van der Waals surface area contributed by atoms with Gasteiger partial charge in [-0.05, 0) is 48.6 Å². The second-order valence-electron chi connectivity index (χ2n) is 6.95. The number of ether oxygens (including phenoxy) is 1. The van der Waals surface area contributed by atoms with Gasteiger partial charge in [0.1, 0.15) is 6.61 Å². The van der Waals surface area contributed by atoms with E-state index in [9.17, 15) is 17.6 Å². The minimum atomic E-state index is -1.86. The minimum Gasteiger partial charge on any atom is -0.486 e. The van der Waals surface area contributed by atoms with Gasteiger partial charge >= 0.3 is 0 Å². The van der Waals surface area contributed by atoms with Gasteiger partial charge in [0, 0.05) is 6.07 Å². The number of halogens is 4. The Labute approximate surface area is 151 Å². The van der Waals surface area contributed by atoms with Crippen LogP contribution < -0.4 is 4.74 Å². The largest absolute Gasteiger partial charge is 0.486 e. The summed E-state index contributed by atoms with van der Waals surface area (Å²) in [7, 11) is 0. The highest BCUT2D eigenvalue weighted by Gasteiger charge is 2.22. The summed E-state index contributed by atoms with van der Waals surface area (Å²) in [5, 5.41) is 0. The third-order valence-corrected chi connectivity index (χ3v) is 5.34. The normalized spacial score (nSPS) is 20.2. The molecule has 0 heterocycles. The molecule has 1 aliphatic rings. The Balaban J connectivity index is 1.62. The molecule has 0 radical (unpaired) electrons. The van der Waals surface area contributed by atoms with E-state index >= 15 is 0 Å². The molecule has 2 aromatic carbocycles. The number of benzene rings is 2. The molecule has 140 valence electrons. The van der Waals surface area contributed by atoms with Crippen LogP contribution in [0.2, 0.25) is 0 Å². The summed E-state index contributed by atoms with van der Waals surface area (Å²) >= 11 is 0. The second kappa shape index (κ2) is 8.11. The van der Waals surface area contributed by atoms with Crippen molar-refractivity contribution in [2.24, 2.45) is 5.92 Å². The van der Waals surface area contributed by atoms with Crippen molar-refractivity contribution in [2.45, 2.75) is 51.6 Å². The molecule has 0 atom stereocenters. The molecule has 0 saturated heterocycles. The van der Waals surface area contributed by atoms with Crippen molar-refractivity contribution in [1.29, 1.82) is 0 Å². The van der Waals surface area contributed by atoms with Crippen LogP contribution in [-0.2, 0) is 6.61 Å². The zero-order valence-electron chi connectivity index (χ0n) is 14.7. The smallest absolute Gasteiger partial charge is 0.203 e. The number of hydrogen-bond donors (Lipinski definition) is 0. The van der Waals surface area contributed by atoms with Crippen molar-refractivity contribution in [3.63, 3.8) is 0 Å². The van der Waals surface area contributed by atoms with E-state index < -0.39 is 29.0 Å². The summed E-state index contributed by atoms with van der Waals surface area (Å²) < 4.78 is 58.1. The van der Waals surface area contributed by atoms with Crippen LogP contribution in [0.5, 0.6) is 5.75 Å². The highest BCUT2D eigenvalue weighted by molar-refractivity contribution is 5.29. The molecule has 26 heavy (non-hydrogen) atoms. The first kappa shape index (κ1) is 18.7. The molecule has 0 aromatic heterocycles. The van der Waals surface area contributed by atoms with Gasteiger partial charge in [-0.1, -0.05) is 37.6 Å². The molecule has 0 N–H and O–H groups in total. The van der Waals surface area contributed by atoms with Crippen LogP contribution in [-0.4, -0.2) is 0 Å². The lowest BCUT2D eigenvalue weighted by molar-refractivity contribution is 0.276. The minimum absolute atomic E-state index is 0.0513. The van der Waals surface area contributed by atoms with Crippen molar-refractivity contribution in [1.82, 2.24) is 0 Å². The van der Waals surface area contributed by atoms with Crippen LogP contribution >= 0.6 is 0 Å². The second-order valence-corrected chi connectivity index (χ2v) is 6.95. The van der Waals surface area contributed by atoms with Gasteiger partial charge in [0.2, 0.25) is 11.6 Å². The van der Waals surface area contributed by atoms with Crippen molar-refractivity contribution >= 4 is 0 Å². The lowest BCUT2D eigenvalue weighted by Gasteiger charge is -2.28. The fraction of sp³-hybridized carbons (Fsp3) is 0.429. The molecule has 1 aliphatic carbocycles.